The van der Waals surface area contributed by atoms with E-state index < -0.39 is 0 Å². The van der Waals surface area contributed by atoms with Crippen molar-refractivity contribution in [1.29, 1.82) is 0 Å². The first-order chi connectivity index (χ1) is 13.7. The Morgan fingerprint density at radius 1 is 1.17 bits per heavy atom. The molecule has 3 saturated carbocycles. The van der Waals surface area contributed by atoms with Crippen molar-refractivity contribution in [2.24, 2.45) is 40.4 Å². The van der Waals surface area contributed by atoms with E-state index >= 15 is 0 Å². The van der Waals surface area contributed by atoms with Crippen LogP contribution in [-0.4, -0.2) is 36.1 Å². The molecule has 4 aliphatic carbocycles. The Balaban J connectivity index is 1.49. The standard InChI is InChI=1S/C26H43NO2/c1-17(6-11-24(29)27(4)5)21-9-10-22-20-8-7-18-16-19(28)12-14-25(18,2)23(20)13-15-26(21,22)3/h7,17,19-23,28H,6,8-16H2,1-5H3. The molecule has 3 nitrogen and oxygen atoms in total. The first-order valence-corrected chi connectivity index (χ1v) is 12.2. The van der Waals surface area contributed by atoms with Gasteiger partial charge < -0.3 is 10.0 Å². The Labute approximate surface area is 178 Å². The van der Waals surface area contributed by atoms with Crippen LogP contribution in [0.25, 0.3) is 0 Å². The van der Waals surface area contributed by atoms with E-state index in [1.807, 2.05) is 14.1 Å². The number of carbonyl (C=O) groups excluding carboxylic acids is 1. The second-order valence-electron chi connectivity index (χ2n) is 11.7. The lowest BCUT2D eigenvalue weighted by atomic mass is 9.47. The van der Waals surface area contributed by atoms with Crippen molar-refractivity contribution in [3.63, 3.8) is 0 Å². The minimum atomic E-state index is -0.110. The molecular weight excluding hydrogens is 358 g/mol. The number of fused-ring (bicyclic) bond motifs is 5. The monoisotopic (exact) mass is 401 g/mol. The first-order valence-electron chi connectivity index (χ1n) is 12.2. The molecule has 0 aromatic rings. The van der Waals surface area contributed by atoms with Crippen LogP contribution in [0.1, 0.15) is 85.0 Å². The Bertz CT molecular complexity index is 670. The van der Waals surface area contributed by atoms with Crippen molar-refractivity contribution in [3.05, 3.63) is 11.6 Å². The van der Waals surface area contributed by atoms with E-state index in [9.17, 15) is 9.90 Å². The van der Waals surface area contributed by atoms with E-state index in [4.69, 9.17) is 0 Å². The van der Waals surface area contributed by atoms with Crippen molar-refractivity contribution >= 4 is 5.91 Å². The fourth-order valence-electron chi connectivity index (χ4n) is 8.39. The summed E-state index contributed by atoms with van der Waals surface area (Å²) in [5.74, 6) is 4.18. The summed E-state index contributed by atoms with van der Waals surface area (Å²) in [6, 6.07) is 0. The van der Waals surface area contributed by atoms with Crippen LogP contribution in [0.15, 0.2) is 11.6 Å². The molecular formula is C26H43NO2. The largest absolute Gasteiger partial charge is 0.393 e. The zero-order valence-corrected chi connectivity index (χ0v) is 19.4. The van der Waals surface area contributed by atoms with Gasteiger partial charge in [0.1, 0.15) is 0 Å². The first kappa shape index (κ1) is 21.4. The average Bonchev–Trinajstić information content (AvgIpc) is 3.03. The summed E-state index contributed by atoms with van der Waals surface area (Å²) in [7, 11) is 3.74. The fourth-order valence-corrected chi connectivity index (χ4v) is 8.39. The third kappa shape index (κ3) is 3.50. The van der Waals surface area contributed by atoms with Gasteiger partial charge in [0.05, 0.1) is 6.10 Å². The van der Waals surface area contributed by atoms with Gasteiger partial charge in [-0.3, -0.25) is 4.79 Å². The van der Waals surface area contributed by atoms with Crippen LogP contribution in [-0.2, 0) is 4.79 Å². The van der Waals surface area contributed by atoms with Crippen LogP contribution in [0.5, 0.6) is 0 Å². The number of hydrogen-bond acceptors (Lipinski definition) is 2. The maximum Gasteiger partial charge on any atom is 0.222 e. The summed E-state index contributed by atoms with van der Waals surface area (Å²) in [5.41, 5.74) is 2.37. The lowest BCUT2D eigenvalue weighted by Crippen LogP contribution is -2.50. The van der Waals surface area contributed by atoms with Gasteiger partial charge in [-0.1, -0.05) is 32.4 Å². The van der Waals surface area contributed by atoms with Crippen LogP contribution >= 0.6 is 0 Å². The molecule has 0 aromatic carbocycles. The van der Waals surface area contributed by atoms with Gasteiger partial charge in [0.2, 0.25) is 5.91 Å². The zero-order valence-electron chi connectivity index (χ0n) is 19.4. The quantitative estimate of drug-likeness (QED) is 0.638. The van der Waals surface area contributed by atoms with Gasteiger partial charge in [0.25, 0.3) is 0 Å². The number of amides is 1. The number of aliphatic hydroxyl groups is 1. The van der Waals surface area contributed by atoms with Gasteiger partial charge in [-0.05, 0) is 98.2 Å². The molecule has 0 saturated heterocycles. The number of rotatable bonds is 4. The SMILES string of the molecule is CC(CCC(=O)N(C)C)C1CCC2C3CC=C4CC(O)CCC4(C)C3CCC12C. The van der Waals surface area contributed by atoms with Gasteiger partial charge in [-0.25, -0.2) is 0 Å². The van der Waals surface area contributed by atoms with E-state index in [2.05, 4.69) is 26.8 Å². The van der Waals surface area contributed by atoms with Crippen LogP contribution in [0.3, 0.4) is 0 Å². The minimum absolute atomic E-state index is 0.110. The fraction of sp³-hybridized carbons (Fsp3) is 0.885. The molecule has 0 spiro atoms. The highest BCUT2D eigenvalue weighted by Gasteiger charge is 2.59. The molecule has 0 bridgehead atoms. The van der Waals surface area contributed by atoms with Crippen LogP contribution in [0.2, 0.25) is 0 Å². The summed E-state index contributed by atoms with van der Waals surface area (Å²) in [6.07, 6.45) is 14.0. The van der Waals surface area contributed by atoms with Crippen LogP contribution < -0.4 is 0 Å². The lowest BCUT2D eigenvalue weighted by Gasteiger charge is -2.58. The molecule has 0 radical (unpaired) electrons. The molecule has 164 valence electrons. The second kappa shape index (κ2) is 7.70. The van der Waals surface area contributed by atoms with E-state index in [-0.39, 0.29) is 12.0 Å². The van der Waals surface area contributed by atoms with Gasteiger partial charge in [-0.15, -0.1) is 0 Å². The summed E-state index contributed by atoms with van der Waals surface area (Å²) in [4.78, 5) is 13.8. The predicted octanol–water partition coefficient (Wildman–Crippen LogP) is 5.43. The molecule has 1 N–H and O–H groups in total. The van der Waals surface area contributed by atoms with Crippen molar-refractivity contribution < 1.29 is 9.90 Å². The summed E-state index contributed by atoms with van der Waals surface area (Å²) in [6.45, 7) is 7.53. The number of nitrogens with zero attached hydrogens (tertiary/aromatic N) is 1. The van der Waals surface area contributed by atoms with Crippen LogP contribution in [0.4, 0.5) is 0 Å². The zero-order chi connectivity index (χ0) is 21.0. The maximum absolute atomic E-state index is 12.1. The average molecular weight is 402 g/mol. The van der Waals surface area contributed by atoms with E-state index in [1.165, 1.54) is 38.5 Å². The minimum Gasteiger partial charge on any atom is -0.393 e. The van der Waals surface area contributed by atoms with E-state index in [0.29, 0.717) is 23.2 Å². The molecule has 3 fully saturated rings. The van der Waals surface area contributed by atoms with Gasteiger partial charge >= 0.3 is 0 Å². The third-order valence-electron chi connectivity index (χ3n) is 10.2. The van der Waals surface area contributed by atoms with Crippen LogP contribution in [0, 0.1) is 40.4 Å². The van der Waals surface area contributed by atoms with E-state index in [1.54, 1.807) is 10.5 Å². The van der Waals surface area contributed by atoms with Crippen molar-refractivity contribution in [2.45, 2.75) is 91.1 Å². The molecule has 8 atom stereocenters. The van der Waals surface area contributed by atoms with Crippen molar-refractivity contribution in [1.82, 2.24) is 4.90 Å². The third-order valence-corrected chi connectivity index (χ3v) is 10.2. The molecule has 29 heavy (non-hydrogen) atoms. The Kier molecular flexibility index (Phi) is 5.68. The van der Waals surface area contributed by atoms with Gasteiger partial charge in [-0.2, -0.15) is 0 Å². The number of aliphatic hydroxyl groups excluding tert-OH is 1. The molecule has 0 aliphatic heterocycles. The highest BCUT2D eigenvalue weighted by molar-refractivity contribution is 5.75. The van der Waals surface area contributed by atoms with E-state index in [0.717, 1.165) is 42.9 Å². The second-order valence-corrected chi connectivity index (χ2v) is 11.7. The smallest absolute Gasteiger partial charge is 0.222 e. The topological polar surface area (TPSA) is 40.5 Å². The molecule has 4 aliphatic rings. The predicted molar refractivity (Wildman–Crippen MR) is 118 cm³/mol. The molecule has 3 heteroatoms. The maximum atomic E-state index is 12.1. The highest BCUT2D eigenvalue weighted by Crippen LogP contribution is 2.67. The van der Waals surface area contributed by atoms with Crippen molar-refractivity contribution in [3.8, 4) is 0 Å². The van der Waals surface area contributed by atoms with Gasteiger partial charge in [0.15, 0.2) is 0 Å². The van der Waals surface area contributed by atoms with Gasteiger partial charge in [0, 0.05) is 20.5 Å². The summed E-state index contributed by atoms with van der Waals surface area (Å²) in [5, 5.41) is 10.2. The number of carbonyl (C=O) groups is 1. The molecule has 8 unspecified atom stereocenters. The highest BCUT2D eigenvalue weighted by atomic mass is 16.3. The summed E-state index contributed by atoms with van der Waals surface area (Å²) >= 11 is 0. The molecule has 1 amide bonds. The molecule has 0 heterocycles. The lowest BCUT2D eigenvalue weighted by molar-refractivity contribution is -0.129. The molecule has 0 aromatic heterocycles. The number of allylic oxidation sites excluding steroid dienone is 1. The Hall–Kier alpha value is -0.830. The van der Waals surface area contributed by atoms with Crippen molar-refractivity contribution in [2.75, 3.05) is 14.1 Å². The molecule has 4 rings (SSSR count). The normalized spacial score (nSPS) is 44.9. The Morgan fingerprint density at radius 3 is 2.66 bits per heavy atom. The number of hydrogen-bond donors (Lipinski definition) is 1. The summed E-state index contributed by atoms with van der Waals surface area (Å²) < 4.78 is 0. The Morgan fingerprint density at radius 2 is 1.93 bits per heavy atom.